The van der Waals surface area contributed by atoms with Crippen LogP contribution in [-0.4, -0.2) is 27.3 Å². The molecule has 0 unspecified atom stereocenters. The Morgan fingerprint density at radius 2 is 1.30 bits per heavy atom. The predicted octanol–water partition coefficient (Wildman–Crippen LogP) is 6.02. The molecular weight excluding hydrogens is 556 g/mol. The summed E-state index contributed by atoms with van der Waals surface area (Å²) < 4.78 is 7.25. The minimum Gasteiger partial charge on any atom is -0.508 e. The van der Waals surface area contributed by atoms with Crippen LogP contribution in [0, 0.1) is 27.7 Å². The average molecular weight is 576 g/mol. The molecular formula is C25H20Br2O6. The molecule has 0 fully saturated rings. The SMILES string of the molecule is Cc1c(O)cc(C2(c3cc(O)c(C)c(C)c3Br)OC(=O)c3ccc(C(=O)O)cc32)c(Br)c1C. The van der Waals surface area contributed by atoms with E-state index in [9.17, 15) is 24.9 Å². The second kappa shape index (κ2) is 7.88. The van der Waals surface area contributed by atoms with E-state index in [-0.39, 0.29) is 22.6 Å². The van der Waals surface area contributed by atoms with Gasteiger partial charge in [-0.1, -0.05) is 31.9 Å². The standard InChI is InChI=1S/C25H20Br2O6/c1-10-12(3)21(26)17(8-19(10)28)25(18-9-20(29)11(2)13(4)22(18)27)16-7-14(23(30)31)5-6-15(16)24(32)33-25/h5-9,28-29H,1-4H3,(H,30,31). The van der Waals surface area contributed by atoms with Gasteiger partial charge < -0.3 is 20.1 Å². The first-order valence-electron chi connectivity index (χ1n) is 10.0. The molecule has 0 spiro atoms. The number of hydrogen-bond donors (Lipinski definition) is 3. The van der Waals surface area contributed by atoms with Gasteiger partial charge in [0, 0.05) is 25.6 Å². The number of carboxylic acid groups (broad SMARTS) is 1. The van der Waals surface area contributed by atoms with Crippen LogP contribution in [0.2, 0.25) is 0 Å². The summed E-state index contributed by atoms with van der Waals surface area (Å²) >= 11 is 7.21. The third-order valence-corrected chi connectivity index (χ3v) is 8.50. The van der Waals surface area contributed by atoms with E-state index in [0.29, 0.717) is 36.8 Å². The highest BCUT2D eigenvalue weighted by atomic mass is 79.9. The molecule has 3 aromatic rings. The number of hydrogen-bond acceptors (Lipinski definition) is 5. The van der Waals surface area contributed by atoms with Crippen molar-refractivity contribution in [3.05, 3.63) is 89.3 Å². The monoisotopic (exact) mass is 574 g/mol. The Morgan fingerprint density at radius 1 is 0.818 bits per heavy atom. The molecule has 3 aromatic carbocycles. The largest absolute Gasteiger partial charge is 0.508 e. The predicted molar refractivity (Wildman–Crippen MR) is 129 cm³/mol. The highest BCUT2D eigenvalue weighted by Gasteiger charge is 2.52. The normalized spacial score (nSPS) is 14.2. The van der Waals surface area contributed by atoms with Crippen molar-refractivity contribution in [3.63, 3.8) is 0 Å². The number of phenols is 2. The maximum atomic E-state index is 13.1. The van der Waals surface area contributed by atoms with Gasteiger partial charge in [0.25, 0.3) is 0 Å². The van der Waals surface area contributed by atoms with Gasteiger partial charge >= 0.3 is 11.9 Å². The van der Waals surface area contributed by atoms with Crippen molar-refractivity contribution in [3.8, 4) is 11.5 Å². The van der Waals surface area contributed by atoms with E-state index in [2.05, 4.69) is 31.9 Å². The molecule has 1 aliphatic rings. The fourth-order valence-corrected chi connectivity index (χ4v) is 5.57. The van der Waals surface area contributed by atoms with Crippen LogP contribution in [0.25, 0.3) is 0 Å². The summed E-state index contributed by atoms with van der Waals surface area (Å²) in [7, 11) is 0. The molecule has 0 aliphatic carbocycles. The fraction of sp³-hybridized carbons (Fsp3) is 0.200. The molecule has 170 valence electrons. The molecule has 0 amide bonds. The number of carboxylic acids is 1. The summed E-state index contributed by atoms with van der Waals surface area (Å²) in [6, 6.07) is 7.17. The van der Waals surface area contributed by atoms with Crippen LogP contribution in [-0.2, 0) is 10.3 Å². The lowest BCUT2D eigenvalue weighted by molar-refractivity contribution is 0.0245. The Labute approximate surface area is 207 Å². The molecule has 8 heteroatoms. The minimum absolute atomic E-state index is 0.00635. The highest BCUT2D eigenvalue weighted by Crippen LogP contribution is 2.54. The maximum absolute atomic E-state index is 13.1. The molecule has 0 radical (unpaired) electrons. The van der Waals surface area contributed by atoms with Crippen LogP contribution in [0.4, 0.5) is 0 Å². The number of rotatable bonds is 3. The molecule has 0 bridgehead atoms. The molecule has 4 rings (SSSR count). The van der Waals surface area contributed by atoms with E-state index in [0.717, 1.165) is 11.1 Å². The number of esters is 1. The van der Waals surface area contributed by atoms with Crippen LogP contribution >= 0.6 is 31.9 Å². The van der Waals surface area contributed by atoms with Crippen molar-refractivity contribution in [1.29, 1.82) is 0 Å². The first-order chi connectivity index (χ1) is 15.4. The van der Waals surface area contributed by atoms with E-state index < -0.39 is 17.5 Å². The van der Waals surface area contributed by atoms with Crippen molar-refractivity contribution in [2.24, 2.45) is 0 Å². The van der Waals surface area contributed by atoms with Gasteiger partial charge in [0.2, 0.25) is 0 Å². The van der Waals surface area contributed by atoms with E-state index in [1.807, 2.05) is 13.8 Å². The minimum atomic E-state index is -1.64. The Kier molecular flexibility index (Phi) is 5.57. The van der Waals surface area contributed by atoms with Gasteiger partial charge in [0.1, 0.15) is 11.5 Å². The van der Waals surface area contributed by atoms with E-state index in [1.54, 1.807) is 13.8 Å². The molecule has 0 aromatic heterocycles. The van der Waals surface area contributed by atoms with Crippen molar-refractivity contribution >= 4 is 43.8 Å². The van der Waals surface area contributed by atoms with Crippen LogP contribution in [0.3, 0.4) is 0 Å². The number of cyclic esters (lactones) is 1. The van der Waals surface area contributed by atoms with Gasteiger partial charge in [-0.15, -0.1) is 0 Å². The Bertz CT molecular complexity index is 1310. The van der Waals surface area contributed by atoms with E-state index in [4.69, 9.17) is 4.74 Å². The van der Waals surface area contributed by atoms with Gasteiger partial charge in [-0.3, -0.25) is 0 Å². The average Bonchev–Trinajstić information content (AvgIpc) is 3.08. The first kappa shape index (κ1) is 23.3. The molecule has 0 saturated heterocycles. The Hall–Kier alpha value is -2.84. The number of halogens is 2. The molecule has 6 nitrogen and oxygen atoms in total. The molecule has 1 heterocycles. The van der Waals surface area contributed by atoms with Crippen molar-refractivity contribution < 1.29 is 29.6 Å². The lowest BCUT2D eigenvalue weighted by Crippen LogP contribution is -2.31. The van der Waals surface area contributed by atoms with Gasteiger partial charge in [-0.05, 0) is 80.3 Å². The first-order valence-corrected chi connectivity index (χ1v) is 11.6. The zero-order valence-electron chi connectivity index (χ0n) is 18.2. The van der Waals surface area contributed by atoms with Crippen LogP contribution in [0.5, 0.6) is 11.5 Å². The van der Waals surface area contributed by atoms with Crippen molar-refractivity contribution in [1.82, 2.24) is 0 Å². The number of ether oxygens (including phenoxy) is 1. The van der Waals surface area contributed by atoms with E-state index >= 15 is 0 Å². The summed E-state index contributed by atoms with van der Waals surface area (Å²) in [5, 5.41) is 31.0. The zero-order chi connectivity index (χ0) is 24.4. The lowest BCUT2D eigenvalue weighted by Gasteiger charge is -2.34. The molecule has 3 N–H and O–H groups in total. The quantitative estimate of drug-likeness (QED) is 0.330. The third kappa shape index (κ3) is 3.27. The van der Waals surface area contributed by atoms with Gasteiger partial charge in [0.15, 0.2) is 5.60 Å². The summed E-state index contributed by atoms with van der Waals surface area (Å²) in [4.78, 5) is 24.9. The number of aromatic hydroxyl groups is 2. The molecule has 0 saturated carbocycles. The fourth-order valence-electron chi connectivity index (χ4n) is 4.19. The number of carbonyl (C=O) groups excluding carboxylic acids is 1. The number of phenolic OH excluding ortho intramolecular Hbond substituents is 2. The van der Waals surface area contributed by atoms with Gasteiger partial charge in [0.05, 0.1) is 11.1 Å². The maximum Gasteiger partial charge on any atom is 0.340 e. The Morgan fingerprint density at radius 3 is 1.76 bits per heavy atom. The number of fused-ring (bicyclic) bond motifs is 1. The molecule has 1 aliphatic heterocycles. The smallest absolute Gasteiger partial charge is 0.340 e. The Balaban J connectivity index is 2.24. The van der Waals surface area contributed by atoms with Crippen LogP contribution < -0.4 is 0 Å². The number of benzene rings is 3. The van der Waals surface area contributed by atoms with Crippen LogP contribution in [0.1, 0.15) is 59.7 Å². The van der Waals surface area contributed by atoms with Crippen molar-refractivity contribution in [2.75, 3.05) is 0 Å². The number of carbonyl (C=O) groups is 2. The lowest BCUT2D eigenvalue weighted by atomic mass is 9.77. The highest BCUT2D eigenvalue weighted by molar-refractivity contribution is 9.11. The summed E-state index contributed by atoms with van der Waals surface area (Å²) in [6.07, 6.45) is 0. The van der Waals surface area contributed by atoms with Gasteiger partial charge in [-0.2, -0.15) is 0 Å². The second-order valence-electron chi connectivity index (χ2n) is 8.15. The van der Waals surface area contributed by atoms with Crippen molar-refractivity contribution in [2.45, 2.75) is 33.3 Å². The number of aromatic carboxylic acids is 1. The zero-order valence-corrected chi connectivity index (χ0v) is 21.4. The van der Waals surface area contributed by atoms with E-state index in [1.165, 1.54) is 30.3 Å². The molecule has 33 heavy (non-hydrogen) atoms. The topological polar surface area (TPSA) is 104 Å². The van der Waals surface area contributed by atoms with Gasteiger partial charge in [-0.25, -0.2) is 9.59 Å². The molecule has 0 atom stereocenters. The summed E-state index contributed by atoms with van der Waals surface area (Å²) in [6.45, 7) is 7.16. The van der Waals surface area contributed by atoms with Crippen LogP contribution in [0.15, 0.2) is 39.3 Å². The third-order valence-electron chi connectivity index (χ3n) is 6.46. The summed E-state index contributed by atoms with van der Waals surface area (Å²) in [5.74, 6) is -1.81. The summed E-state index contributed by atoms with van der Waals surface area (Å²) in [5.41, 5.74) is 2.40. The second-order valence-corrected chi connectivity index (χ2v) is 9.74.